The molecule has 0 radical (unpaired) electrons. The van der Waals surface area contributed by atoms with E-state index in [1.54, 1.807) is 13.0 Å². The van der Waals surface area contributed by atoms with Crippen molar-refractivity contribution in [2.75, 3.05) is 11.9 Å². The van der Waals surface area contributed by atoms with E-state index in [-0.39, 0.29) is 12.6 Å². The third-order valence-electron chi connectivity index (χ3n) is 2.93. The maximum absolute atomic E-state index is 12.8. The van der Waals surface area contributed by atoms with Crippen LogP contribution in [0.4, 0.5) is 24.8 Å². The van der Waals surface area contributed by atoms with Gasteiger partial charge in [0.2, 0.25) is 11.8 Å². The molecule has 0 saturated heterocycles. The van der Waals surface area contributed by atoms with Crippen molar-refractivity contribution in [3.05, 3.63) is 41.6 Å². The first-order valence-electron chi connectivity index (χ1n) is 6.87. The largest absolute Gasteiger partial charge is 0.477 e. The molecule has 4 nitrogen and oxygen atoms in total. The van der Waals surface area contributed by atoms with E-state index in [2.05, 4.69) is 15.3 Å². The number of aromatic nitrogens is 2. The quantitative estimate of drug-likeness (QED) is 0.899. The molecule has 22 heavy (non-hydrogen) atoms. The average molecular weight is 311 g/mol. The number of ether oxygens (including phenoxy) is 1. The Hall–Kier alpha value is -2.31. The van der Waals surface area contributed by atoms with Crippen LogP contribution in [-0.2, 0) is 12.6 Å². The lowest BCUT2D eigenvalue weighted by Crippen LogP contribution is -2.12. The van der Waals surface area contributed by atoms with Gasteiger partial charge < -0.3 is 10.1 Å². The van der Waals surface area contributed by atoms with E-state index in [1.165, 1.54) is 0 Å². The van der Waals surface area contributed by atoms with Crippen LogP contribution in [0.2, 0.25) is 0 Å². The van der Waals surface area contributed by atoms with Crippen molar-refractivity contribution in [3.63, 3.8) is 0 Å². The third kappa shape index (κ3) is 3.87. The fourth-order valence-electron chi connectivity index (χ4n) is 1.87. The molecule has 2 rings (SSSR count). The zero-order chi connectivity index (χ0) is 16.2. The normalized spacial score (nSPS) is 11.3. The summed E-state index contributed by atoms with van der Waals surface area (Å²) in [5.41, 5.74) is 0.825. The second kappa shape index (κ2) is 6.64. The van der Waals surface area contributed by atoms with Crippen molar-refractivity contribution >= 4 is 11.6 Å². The first-order valence-corrected chi connectivity index (χ1v) is 6.87. The van der Waals surface area contributed by atoms with Crippen LogP contribution in [0, 0.1) is 0 Å². The molecule has 118 valence electrons. The lowest BCUT2D eigenvalue weighted by Gasteiger charge is -2.13. The van der Waals surface area contributed by atoms with Gasteiger partial charge in [0, 0.05) is 11.9 Å². The highest BCUT2D eigenvalue weighted by atomic mass is 19.4. The monoisotopic (exact) mass is 311 g/mol. The number of nitrogens with zero attached hydrogens (tertiary/aromatic N) is 2. The number of anilines is 2. The molecule has 0 aliphatic carbocycles. The predicted molar refractivity (Wildman–Crippen MR) is 77.3 cm³/mol. The van der Waals surface area contributed by atoms with Crippen molar-refractivity contribution in [1.82, 2.24) is 9.97 Å². The predicted octanol–water partition coefficient (Wildman–Crippen LogP) is 4.20. The minimum absolute atomic E-state index is 0.0599. The summed E-state index contributed by atoms with van der Waals surface area (Å²) in [6.45, 7) is 3.70. The van der Waals surface area contributed by atoms with Gasteiger partial charge in [0.1, 0.15) is 5.56 Å². The molecule has 2 aromatic rings. The average Bonchev–Trinajstić information content (AvgIpc) is 2.47. The van der Waals surface area contributed by atoms with E-state index in [0.717, 1.165) is 18.2 Å². The minimum atomic E-state index is -4.55. The van der Waals surface area contributed by atoms with Gasteiger partial charge in [0.05, 0.1) is 6.61 Å². The van der Waals surface area contributed by atoms with E-state index in [1.807, 2.05) is 25.1 Å². The van der Waals surface area contributed by atoms with Crippen LogP contribution >= 0.6 is 0 Å². The van der Waals surface area contributed by atoms with Gasteiger partial charge in [-0.2, -0.15) is 18.2 Å². The molecule has 0 fully saturated rings. The standard InChI is InChI=1S/C15H16F3N3O/c1-3-10-6-5-7-11(8-10)20-14-19-9-12(15(16,17)18)13(21-14)22-4-2/h5-9H,3-4H2,1-2H3,(H,19,20,21). The Morgan fingerprint density at radius 2 is 2.00 bits per heavy atom. The summed E-state index contributed by atoms with van der Waals surface area (Å²) in [6.07, 6.45) is -2.97. The summed E-state index contributed by atoms with van der Waals surface area (Å²) in [4.78, 5) is 7.53. The fraction of sp³-hybridized carbons (Fsp3) is 0.333. The Labute approximate surface area is 126 Å². The number of aryl methyl sites for hydroxylation is 1. The van der Waals surface area contributed by atoms with Crippen LogP contribution in [0.5, 0.6) is 5.88 Å². The minimum Gasteiger partial charge on any atom is -0.477 e. The van der Waals surface area contributed by atoms with E-state index in [4.69, 9.17) is 4.74 Å². The molecule has 1 aromatic heterocycles. The summed E-state index contributed by atoms with van der Waals surface area (Å²) in [7, 11) is 0. The van der Waals surface area contributed by atoms with E-state index in [9.17, 15) is 13.2 Å². The summed E-state index contributed by atoms with van der Waals surface area (Å²) >= 11 is 0. The highest BCUT2D eigenvalue weighted by Gasteiger charge is 2.36. The molecule has 0 bridgehead atoms. The van der Waals surface area contributed by atoms with Crippen LogP contribution in [0.3, 0.4) is 0 Å². The Morgan fingerprint density at radius 3 is 2.64 bits per heavy atom. The molecule has 0 atom stereocenters. The van der Waals surface area contributed by atoms with Gasteiger partial charge in [0.15, 0.2) is 0 Å². The maximum Gasteiger partial charge on any atom is 0.423 e. The van der Waals surface area contributed by atoms with Crippen LogP contribution in [0.15, 0.2) is 30.5 Å². The molecule has 7 heteroatoms. The Bertz CT molecular complexity index is 644. The van der Waals surface area contributed by atoms with Crippen molar-refractivity contribution in [2.24, 2.45) is 0 Å². The highest BCUT2D eigenvalue weighted by molar-refractivity contribution is 5.55. The molecular formula is C15H16F3N3O. The molecule has 0 aliphatic rings. The molecule has 1 aromatic carbocycles. The fourth-order valence-corrected chi connectivity index (χ4v) is 1.87. The van der Waals surface area contributed by atoms with Gasteiger partial charge in [-0.15, -0.1) is 0 Å². The molecule has 1 N–H and O–H groups in total. The van der Waals surface area contributed by atoms with Crippen molar-refractivity contribution in [2.45, 2.75) is 26.4 Å². The number of rotatable bonds is 5. The second-order valence-corrected chi connectivity index (χ2v) is 4.52. The summed E-state index contributed by atoms with van der Waals surface area (Å²) in [5, 5.41) is 2.89. The molecule has 0 spiro atoms. The number of hydrogen-bond acceptors (Lipinski definition) is 4. The first kappa shape index (κ1) is 16.1. The zero-order valence-corrected chi connectivity index (χ0v) is 12.2. The highest BCUT2D eigenvalue weighted by Crippen LogP contribution is 2.35. The molecule has 1 heterocycles. The van der Waals surface area contributed by atoms with E-state index < -0.39 is 17.6 Å². The van der Waals surface area contributed by atoms with Gasteiger partial charge >= 0.3 is 6.18 Å². The number of nitrogens with one attached hydrogen (secondary N) is 1. The lowest BCUT2D eigenvalue weighted by atomic mass is 10.1. The van der Waals surface area contributed by atoms with Gasteiger partial charge in [-0.25, -0.2) is 4.98 Å². The number of hydrogen-bond donors (Lipinski definition) is 1. The molecule has 0 unspecified atom stereocenters. The summed E-state index contributed by atoms with van der Waals surface area (Å²) in [6, 6.07) is 7.50. The van der Waals surface area contributed by atoms with Crippen molar-refractivity contribution < 1.29 is 17.9 Å². The first-order chi connectivity index (χ1) is 10.4. The molecule has 0 amide bonds. The third-order valence-corrected chi connectivity index (χ3v) is 2.93. The van der Waals surface area contributed by atoms with Crippen molar-refractivity contribution in [3.8, 4) is 5.88 Å². The van der Waals surface area contributed by atoms with Crippen molar-refractivity contribution in [1.29, 1.82) is 0 Å². The van der Waals surface area contributed by atoms with Crippen LogP contribution in [-0.4, -0.2) is 16.6 Å². The Balaban J connectivity index is 2.30. The van der Waals surface area contributed by atoms with Gasteiger partial charge in [0.25, 0.3) is 0 Å². The number of benzene rings is 1. The van der Waals surface area contributed by atoms with Crippen LogP contribution < -0.4 is 10.1 Å². The van der Waals surface area contributed by atoms with Gasteiger partial charge in [-0.1, -0.05) is 19.1 Å². The van der Waals surface area contributed by atoms with Crippen LogP contribution in [0.1, 0.15) is 25.0 Å². The SMILES string of the molecule is CCOc1nc(Nc2cccc(CC)c2)ncc1C(F)(F)F. The van der Waals surface area contributed by atoms with Crippen LogP contribution in [0.25, 0.3) is 0 Å². The van der Waals surface area contributed by atoms with E-state index >= 15 is 0 Å². The van der Waals surface area contributed by atoms with Gasteiger partial charge in [-0.3, -0.25) is 0 Å². The smallest absolute Gasteiger partial charge is 0.423 e. The summed E-state index contributed by atoms with van der Waals surface area (Å²) < 4.78 is 43.5. The Kier molecular flexibility index (Phi) is 4.85. The van der Waals surface area contributed by atoms with Gasteiger partial charge in [-0.05, 0) is 31.0 Å². The maximum atomic E-state index is 12.8. The van der Waals surface area contributed by atoms with E-state index in [0.29, 0.717) is 5.69 Å². The number of alkyl halides is 3. The molecule has 0 saturated carbocycles. The molecule has 0 aliphatic heterocycles. The zero-order valence-electron chi connectivity index (χ0n) is 12.2. The second-order valence-electron chi connectivity index (χ2n) is 4.52. The molecular weight excluding hydrogens is 295 g/mol. The summed E-state index contributed by atoms with van der Waals surface area (Å²) in [5.74, 6) is -0.413. The number of halogens is 3. The lowest BCUT2D eigenvalue weighted by molar-refractivity contribution is -0.139. The topological polar surface area (TPSA) is 47.0 Å². The Morgan fingerprint density at radius 1 is 1.23 bits per heavy atom.